The van der Waals surface area contributed by atoms with Crippen LogP contribution in [-0.4, -0.2) is 52.5 Å². The molecule has 0 aliphatic carbocycles. The second-order valence-corrected chi connectivity index (χ2v) is 11.6. The van der Waals surface area contributed by atoms with Gasteiger partial charge in [0.15, 0.2) is 0 Å². The predicted molar refractivity (Wildman–Crippen MR) is 158 cm³/mol. The number of H-pyrrole nitrogens is 1. The Morgan fingerprint density at radius 3 is 2.07 bits per heavy atom. The summed E-state index contributed by atoms with van der Waals surface area (Å²) in [5.74, 6) is -1.73. The van der Waals surface area contributed by atoms with Crippen LogP contribution < -0.4 is 21.7 Å². The van der Waals surface area contributed by atoms with E-state index < -0.39 is 47.5 Å². The van der Waals surface area contributed by atoms with E-state index in [1.54, 1.807) is 27.0 Å². The number of hydrogen-bond donors (Lipinski definition) is 5. The van der Waals surface area contributed by atoms with Gasteiger partial charge in [0, 0.05) is 29.9 Å². The molecule has 0 fully saturated rings. The molecule has 0 bridgehead atoms. The van der Waals surface area contributed by atoms with Crippen molar-refractivity contribution in [3.63, 3.8) is 0 Å². The Labute approximate surface area is 240 Å². The highest BCUT2D eigenvalue weighted by Crippen LogP contribution is 2.20. The summed E-state index contributed by atoms with van der Waals surface area (Å²) in [6, 6.07) is 13.9. The molecule has 4 amide bonds. The summed E-state index contributed by atoms with van der Waals surface area (Å²) < 4.78 is 5.41. The molecule has 0 saturated heterocycles. The molecule has 1 heterocycles. The minimum atomic E-state index is -1.04. The molecule has 3 rings (SSSR count). The Balaban J connectivity index is 1.81. The molecule has 3 aromatic rings. The number of nitrogens with two attached hydrogens (primary N) is 1. The number of hydrogen-bond acceptors (Lipinski definition) is 5. The van der Waals surface area contributed by atoms with Crippen LogP contribution >= 0.6 is 0 Å². The third kappa shape index (κ3) is 9.66. The zero-order valence-electron chi connectivity index (χ0n) is 24.3. The summed E-state index contributed by atoms with van der Waals surface area (Å²) in [6.07, 6.45) is 1.72. The normalized spacial score (nSPS) is 13.7. The molecule has 0 unspecified atom stereocenters. The second kappa shape index (κ2) is 13.8. The van der Waals surface area contributed by atoms with E-state index in [0.717, 1.165) is 22.0 Å². The zero-order valence-corrected chi connectivity index (χ0v) is 24.3. The topological polar surface area (TPSA) is 155 Å². The Kier molecular flexibility index (Phi) is 10.5. The van der Waals surface area contributed by atoms with E-state index in [-0.39, 0.29) is 18.8 Å². The van der Waals surface area contributed by atoms with Crippen molar-refractivity contribution in [1.82, 2.24) is 20.9 Å². The Hall–Kier alpha value is -4.34. The van der Waals surface area contributed by atoms with Crippen molar-refractivity contribution in [2.75, 3.05) is 0 Å². The highest BCUT2D eigenvalue weighted by atomic mass is 16.6. The fourth-order valence-electron chi connectivity index (χ4n) is 4.50. The number of fused-ring (bicyclic) bond motifs is 1. The summed E-state index contributed by atoms with van der Waals surface area (Å²) in [6.45, 7) is 9.04. The standard InChI is InChI=1S/C31H41N5O5/c1-19(2)15-25(28(38)34-24(27(32)37)16-20-11-7-6-8-12-20)35-29(39)26(36-30(40)41-31(3,4)5)17-21-18-33-23-14-10-9-13-22(21)23/h6-14,18-19,24-26,33H,15-17H2,1-5H3,(H2,32,37)(H,34,38)(H,35,39)(H,36,40)/t24-,25+,26-/m1/s1. The number of aromatic amines is 1. The first kappa shape index (κ1) is 31.2. The van der Waals surface area contributed by atoms with Crippen molar-refractivity contribution in [2.24, 2.45) is 11.7 Å². The third-order valence-electron chi connectivity index (χ3n) is 6.39. The number of carbonyl (C=O) groups excluding carboxylic acids is 4. The smallest absolute Gasteiger partial charge is 0.408 e. The van der Waals surface area contributed by atoms with Crippen LogP contribution in [0.1, 0.15) is 52.2 Å². The number of benzene rings is 2. The molecule has 0 saturated carbocycles. The highest BCUT2D eigenvalue weighted by Gasteiger charge is 2.31. The van der Waals surface area contributed by atoms with Crippen molar-refractivity contribution in [1.29, 1.82) is 0 Å². The monoisotopic (exact) mass is 563 g/mol. The van der Waals surface area contributed by atoms with Crippen molar-refractivity contribution in [2.45, 2.75) is 77.6 Å². The number of carbonyl (C=O) groups is 4. The summed E-state index contributed by atoms with van der Waals surface area (Å²) in [4.78, 5) is 55.1. The average molecular weight is 564 g/mol. The van der Waals surface area contributed by atoms with Crippen LogP contribution in [-0.2, 0) is 32.0 Å². The second-order valence-electron chi connectivity index (χ2n) is 11.6. The lowest BCUT2D eigenvalue weighted by Crippen LogP contribution is -2.57. The van der Waals surface area contributed by atoms with E-state index in [1.165, 1.54) is 0 Å². The molecule has 41 heavy (non-hydrogen) atoms. The van der Waals surface area contributed by atoms with Crippen molar-refractivity contribution >= 4 is 34.7 Å². The number of primary amides is 1. The minimum absolute atomic E-state index is 0.0399. The average Bonchev–Trinajstić information content (AvgIpc) is 3.29. The van der Waals surface area contributed by atoms with Gasteiger partial charge in [0.05, 0.1) is 0 Å². The molecule has 0 spiro atoms. The van der Waals surface area contributed by atoms with Crippen LogP contribution in [0.4, 0.5) is 4.79 Å². The summed E-state index contributed by atoms with van der Waals surface area (Å²) in [5.41, 5.74) is 7.38. The molecule has 10 nitrogen and oxygen atoms in total. The molecule has 2 aromatic carbocycles. The summed E-state index contributed by atoms with van der Waals surface area (Å²) >= 11 is 0. The zero-order chi connectivity index (χ0) is 30.2. The molecular weight excluding hydrogens is 522 g/mol. The van der Waals surface area contributed by atoms with E-state index in [0.29, 0.717) is 6.42 Å². The fourth-order valence-corrected chi connectivity index (χ4v) is 4.50. The maximum atomic E-state index is 13.7. The molecule has 0 radical (unpaired) electrons. The van der Waals surface area contributed by atoms with Gasteiger partial charge in [0.1, 0.15) is 23.7 Å². The molecule has 0 aliphatic rings. The van der Waals surface area contributed by atoms with E-state index in [1.807, 2.05) is 68.4 Å². The van der Waals surface area contributed by atoms with Gasteiger partial charge in [-0.2, -0.15) is 0 Å². The molecule has 220 valence electrons. The van der Waals surface area contributed by atoms with Crippen LogP contribution in [0.25, 0.3) is 10.9 Å². The van der Waals surface area contributed by atoms with Crippen LogP contribution in [0.2, 0.25) is 0 Å². The van der Waals surface area contributed by atoms with Crippen LogP contribution in [0.15, 0.2) is 60.8 Å². The Morgan fingerprint density at radius 1 is 0.829 bits per heavy atom. The van der Waals surface area contributed by atoms with Gasteiger partial charge in [0.25, 0.3) is 0 Å². The lowest BCUT2D eigenvalue weighted by atomic mass is 10.00. The van der Waals surface area contributed by atoms with Gasteiger partial charge in [0.2, 0.25) is 17.7 Å². The Bertz CT molecular complexity index is 1350. The van der Waals surface area contributed by atoms with E-state index in [4.69, 9.17) is 10.5 Å². The van der Waals surface area contributed by atoms with Gasteiger partial charge in [-0.3, -0.25) is 14.4 Å². The number of para-hydroxylation sites is 1. The molecule has 10 heteroatoms. The van der Waals surface area contributed by atoms with E-state index in [2.05, 4.69) is 20.9 Å². The third-order valence-corrected chi connectivity index (χ3v) is 6.39. The van der Waals surface area contributed by atoms with Gasteiger partial charge in [-0.15, -0.1) is 0 Å². The number of aromatic nitrogens is 1. The molecule has 0 aliphatic heterocycles. The SMILES string of the molecule is CC(C)C[C@H](NC(=O)[C@@H](Cc1c[nH]c2ccccc12)NC(=O)OC(C)(C)C)C(=O)N[C@H](Cc1ccccc1)C(N)=O. The number of alkyl carbamates (subject to hydrolysis) is 1. The first-order valence-corrected chi connectivity index (χ1v) is 13.8. The van der Waals surface area contributed by atoms with Crippen LogP contribution in [0.5, 0.6) is 0 Å². The number of ether oxygens (including phenoxy) is 1. The largest absolute Gasteiger partial charge is 0.444 e. The van der Waals surface area contributed by atoms with Gasteiger partial charge >= 0.3 is 6.09 Å². The van der Waals surface area contributed by atoms with Gasteiger partial charge in [-0.25, -0.2) is 4.79 Å². The van der Waals surface area contributed by atoms with Crippen molar-refractivity contribution in [3.05, 3.63) is 71.9 Å². The number of amides is 4. The first-order chi connectivity index (χ1) is 19.3. The maximum Gasteiger partial charge on any atom is 0.408 e. The molecule has 6 N–H and O–H groups in total. The van der Waals surface area contributed by atoms with Crippen molar-refractivity contribution < 1.29 is 23.9 Å². The van der Waals surface area contributed by atoms with Gasteiger partial charge < -0.3 is 31.4 Å². The number of rotatable bonds is 12. The fraction of sp³-hybridized carbons (Fsp3) is 0.419. The highest BCUT2D eigenvalue weighted by molar-refractivity contribution is 5.94. The molecule has 1 aromatic heterocycles. The maximum absolute atomic E-state index is 13.7. The quantitative estimate of drug-likeness (QED) is 0.229. The van der Waals surface area contributed by atoms with Crippen molar-refractivity contribution in [3.8, 4) is 0 Å². The summed E-state index contributed by atoms with van der Waals surface area (Å²) in [5, 5.41) is 9.10. The lowest BCUT2D eigenvalue weighted by molar-refractivity contribution is -0.132. The number of nitrogens with one attached hydrogen (secondary N) is 4. The van der Waals surface area contributed by atoms with Gasteiger partial charge in [-0.05, 0) is 50.3 Å². The lowest BCUT2D eigenvalue weighted by Gasteiger charge is -2.27. The molecular formula is C31H41N5O5. The Morgan fingerprint density at radius 2 is 1.44 bits per heavy atom. The van der Waals surface area contributed by atoms with E-state index in [9.17, 15) is 19.2 Å². The predicted octanol–water partition coefficient (Wildman–Crippen LogP) is 3.35. The first-order valence-electron chi connectivity index (χ1n) is 13.8. The molecule has 3 atom stereocenters. The van der Waals surface area contributed by atoms with Gasteiger partial charge in [-0.1, -0.05) is 62.4 Å². The summed E-state index contributed by atoms with van der Waals surface area (Å²) in [7, 11) is 0. The van der Waals surface area contributed by atoms with E-state index >= 15 is 0 Å². The van der Waals surface area contributed by atoms with Crippen LogP contribution in [0, 0.1) is 5.92 Å². The minimum Gasteiger partial charge on any atom is -0.444 e. The van der Waals surface area contributed by atoms with Crippen LogP contribution in [0.3, 0.4) is 0 Å².